The Morgan fingerprint density at radius 2 is 1.44 bits per heavy atom. The second-order valence-corrected chi connectivity index (χ2v) is 7.79. The fourth-order valence-corrected chi connectivity index (χ4v) is 5.36. The third-order valence-electron chi connectivity index (χ3n) is 3.04. The molecule has 0 radical (unpaired) electrons. The van der Waals surface area contributed by atoms with Gasteiger partial charge >= 0.3 is 8.56 Å². The van der Waals surface area contributed by atoms with Crippen LogP contribution in [-0.2, 0) is 18.4 Å². The zero-order valence-corrected chi connectivity index (χ0v) is 11.2. The van der Waals surface area contributed by atoms with Crippen molar-refractivity contribution in [3.05, 3.63) is 0 Å². The summed E-state index contributed by atoms with van der Waals surface area (Å²) in [6, 6.07) is 0. The van der Waals surface area contributed by atoms with Crippen LogP contribution in [0, 0.1) is 0 Å². The second-order valence-electron chi connectivity index (χ2n) is 4.54. The predicted molar refractivity (Wildman–Crippen MR) is 62.0 cm³/mol. The van der Waals surface area contributed by atoms with Crippen molar-refractivity contribution in [3.8, 4) is 0 Å². The Labute approximate surface area is 97.6 Å². The van der Waals surface area contributed by atoms with Gasteiger partial charge in [-0.3, -0.25) is 9.59 Å². The van der Waals surface area contributed by atoms with Crippen molar-refractivity contribution in [2.75, 3.05) is 0 Å². The molecule has 0 bridgehead atoms. The van der Waals surface area contributed by atoms with E-state index in [2.05, 4.69) is 0 Å². The summed E-state index contributed by atoms with van der Waals surface area (Å²) in [5.74, 6) is -0.693. The Morgan fingerprint density at radius 3 is 1.81 bits per heavy atom. The molecule has 0 atom stereocenters. The summed E-state index contributed by atoms with van der Waals surface area (Å²) in [5.41, 5.74) is 0.258. The van der Waals surface area contributed by atoms with E-state index in [-0.39, 0.29) is 17.5 Å². The van der Waals surface area contributed by atoms with Crippen LogP contribution in [-0.4, -0.2) is 20.5 Å². The van der Waals surface area contributed by atoms with Gasteiger partial charge in [0.05, 0.1) is 0 Å². The van der Waals surface area contributed by atoms with Gasteiger partial charge < -0.3 is 8.85 Å². The highest BCUT2D eigenvalue weighted by molar-refractivity contribution is 6.70. The van der Waals surface area contributed by atoms with Gasteiger partial charge in [0.2, 0.25) is 0 Å². The molecule has 1 rings (SSSR count). The van der Waals surface area contributed by atoms with E-state index in [1.165, 1.54) is 20.3 Å². The highest BCUT2D eigenvalue weighted by Gasteiger charge is 2.46. The largest absolute Gasteiger partial charge is 0.485 e. The molecule has 1 fully saturated rings. The number of carbonyl (C=O) groups is 2. The summed E-state index contributed by atoms with van der Waals surface area (Å²) < 4.78 is 10.7. The van der Waals surface area contributed by atoms with Crippen LogP contribution in [0.15, 0.2) is 0 Å². The number of carbonyl (C=O) groups excluding carboxylic acids is 2. The molecule has 16 heavy (non-hydrogen) atoms. The highest BCUT2D eigenvalue weighted by Crippen LogP contribution is 2.38. The van der Waals surface area contributed by atoms with E-state index in [9.17, 15) is 9.59 Å². The Morgan fingerprint density at radius 1 is 1.00 bits per heavy atom. The van der Waals surface area contributed by atoms with Crippen molar-refractivity contribution in [1.82, 2.24) is 0 Å². The summed E-state index contributed by atoms with van der Waals surface area (Å²) in [6.07, 6.45) is 5.50. The monoisotopic (exact) mass is 244 g/mol. The Hall–Kier alpha value is -0.843. The first-order chi connectivity index (χ1) is 7.44. The van der Waals surface area contributed by atoms with E-state index >= 15 is 0 Å². The molecular weight excluding hydrogens is 224 g/mol. The van der Waals surface area contributed by atoms with Gasteiger partial charge in [0.15, 0.2) is 0 Å². The molecule has 1 saturated carbocycles. The Bertz CT molecular complexity index is 255. The van der Waals surface area contributed by atoms with Gasteiger partial charge in [-0.15, -0.1) is 0 Å². The van der Waals surface area contributed by atoms with Crippen LogP contribution in [0.4, 0.5) is 0 Å². The van der Waals surface area contributed by atoms with Crippen molar-refractivity contribution in [2.45, 2.75) is 58.0 Å². The third-order valence-corrected chi connectivity index (χ3v) is 6.49. The average molecular weight is 244 g/mol. The van der Waals surface area contributed by atoms with E-state index in [4.69, 9.17) is 8.85 Å². The van der Waals surface area contributed by atoms with Gasteiger partial charge in [-0.05, 0) is 12.8 Å². The quantitative estimate of drug-likeness (QED) is 0.716. The lowest BCUT2D eigenvalue weighted by Gasteiger charge is -2.34. The average Bonchev–Trinajstić information content (AvgIpc) is 2.16. The molecule has 1 aliphatic rings. The number of rotatable bonds is 3. The molecule has 0 spiro atoms. The molecule has 0 aromatic heterocycles. The van der Waals surface area contributed by atoms with Crippen molar-refractivity contribution in [2.24, 2.45) is 0 Å². The maximum absolute atomic E-state index is 11.1. The third kappa shape index (κ3) is 3.63. The van der Waals surface area contributed by atoms with Gasteiger partial charge in [-0.1, -0.05) is 19.3 Å². The Balaban J connectivity index is 2.74. The lowest BCUT2D eigenvalue weighted by Crippen LogP contribution is -2.47. The smallest absolute Gasteiger partial charge is 0.464 e. The van der Waals surface area contributed by atoms with Crippen LogP contribution in [0.3, 0.4) is 0 Å². The highest BCUT2D eigenvalue weighted by atomic mass is 28.4. The first kappa shape index (κ1) is 13.2. The van der Waals surface area contributed by atoms with Crippen LogP contribution in [0.2, 0.25) is 12.1 Å². The molecule has 0 aromatic carbocycles. The van der Waals surface area contributed by atoms with Gasteiger partial charge in [-0.2, -0.15) is 0 Å². The van der Waals surface area contributed by atoms with E-state index < -0.39 is 8.56 Å². The molecule has 0 aromatic rings. The van der Waals surface area contributed by atoms with Crippen molar-refractivity contribution < 1.29 is 18.4 Å². The SMILES string of the molecule is CC(=O)O[Si](C)(OC(C)=O)C1CCCCC1. The van der Waals surface area contributed by atoms with E-state index in [1.807, 2.05) is 6.55 Å². The maximum atomic E-state index is 11.1. The fraction of sp³-hybridized carbons (Fsp3) is 0.818. The van der Waals surface area contributed by atoms with Crippen LogP contribution in [0.1, 0.15) is 46.0 Å². The fourth-order valence-electron chi connectivity index (χ4n) is 2.39. The zero-order valence-electron chi connectivity index (χ0n) is 10.2. The molecule has 0 aliphatic heterocycles. The van der Waals surface area contributed by atoms with Crippen molar-refractivity contribution in [3.63, 3.8) is 0 Å². The van der Waals surface area contributed by atoms with E-state index in [0.29, 0.717) is 0 Å². The first-order valence-electron chi connectivity index (χ1n) is 5.83. The summed E-state index contributed by atoms with van der Waals surface area (Å²) in [7, 11) is -2.67. The van der Waals surface area contributed by atoms with Gasteiger partial charge in [0, 0.05) is 25.9 Å². The van der Waals surface area contributed by atoms with Gasteiger partial charge in [0.1, 0.15) is 0 Å². The van der Waals surface area contributed by atoms with Crippen LogP contribution < -0.4 is 0 Å². The predicted octanol–water partition coefficient (Wildman–Crippen LogP) is 2.52. The lowest BCUT2D eigenvalue weighted by atomic mass is 10.0. The first-order valence-corrected chi connectivity index (χ1v) is 8.22. The molecule has 0 amide bonds. The summed E-state index contributed by atoms with van der Waals surface area (Å²) in [6.45, 7) is 4.57. The zero-order chi connectivity index (χ0) is 12.2. The Kier molecular flexibility index (Phi) is 4.52. The van der Waals surface area contributed by atoms with Crippen LogP contribution >= 0.6 is 0 Å². The summed E-state index contributed by atoms with van der Waals surface area (Å²) in [4.78, 5) is 22.2. The molecule has 0 unspecified atom stereocenters. The minimum atomic E-state index is -2.67. The standard InChI is InChI=1S/C11H20O4Si/c1-9(12)14-16(3,15-10(2)13)11-7-5-4-6-8-11/h11H,4-8H2,1-3H3. The van der Waals surface area contributed by atoms with Gasteiger partial charge in [0.25, 0.3) is 11.9 Å². The molecule has 0 N–H and O–H groups in total. The molecule has 1 aliphatic carbocycles. The number of hydrogen-bond donors (Lipinski definition) is 0. The topological polar surface area (TPSA) is 52.6 Å². The molecular formula is C11H20O4Si. The van der Waals surface area contributed by atoms with Crippen LogP contribution in [0.5, 0.6) is 0 Å². The minimum absolute atomic E-state index is 0.258. The van der Waals surface area contributed by atoms with Gasteiger partial charge in [-0.25, -0.2) is 0 Å². The van der Waals surface area contributed by atoms with Crippen molar-refractivity contribution >= 4 is 20.5 Å². The lowest BCUT2D eigenvalue weighted by molar-refractivity contribution is -0.139. The molecule has 5 heteroatoms. The summed E-state index contributed by atoms with van der Waals surface area (Å²) in [5, 5.41) is 0. The number of hydrogen-bond acceptors (Lipinski definition) is 4. The molecule has 4 nitrogen and oxygen atoms in total. The normalized spacial score (nSPS) is 17.9. The van der Waals surface area contributed by atoms with Crippen molar-refractivity contribution in [1.29, 1.82) is 0 Å². The minimum Gasteiger partial charge on any atom is -0.485 e. The van der Waals surface area contributed by atoms with Crippen LogP contribution in [0.25, 0.3) is 0 Å². The molecule has 92 valence electrons. The maximum Gasteiger partial charge on any atom is 0.464 e. The molecule has 0 saturated heterocycles. The molecule has 0 heterocycles. The van der Waals surface area contributed by atoms with E-state index in [0.717, 1.165) is 25.7 Å². The van der Waals surface area contributed by atoms with E-state index in [1.54, 1.807) is 0 Å². The summed E-state index contributed by atoms with van der Waals surface area (Å²) >= 11 is 0. The second kappa shape index (κ2) is 5.47.